The molecule has 0 spiro atoms. The van der Waals surface area contributed by atoms with Crippen LogP contribution in [0.5, 0.6) is 0 Å². The first-order chi connectivity index (χ1) is 9.65. The van der Waals surface area contributed by atoms with Gasteiger partial charge in [0.05, 0.1) is 12.7 Å². The van der Waals surface area contributed by atoms with Crippen LogP contribution in [0.2, 0.25) is 0 Å². The van der Waals surface area contributed by atoms with Crippen molar-refractivity contribution in [3.63, 3.8) is 0 Å². The first kappa shape index (κ1) is 13.7. The standard InChI is InChI=1S/C15H14N2O3/c18-14(7-8-15(19)20)6-3-12-1-4-13(5-2-12)17-10-9-16-11-17/h1-6,9-11H,7-8H2,(H,19,20). The number of allylic oxidation sites excluding steroid dienone is 1. The van der Waals surface area contributed by atoms with E-state index in [0.29, 0.717) is 0 Å². The minimum atomic E-state index is -0.962. The largest absolute Gasteiger partial charge is 0.481 e. The number of hydrogen-bond donors (Lipinski definition) is 1. The molecule has 1 heterocycles. The lowest BCUT2D eigenvalue weighted by atomic mass is 10.1. The number of hydrogen-bond acceptors (Lipinski definition) is 3. The fraction of sp³-hybridized carbons (Fsp3) is 0.133. The summed E-state index contributed by atoms with van der Waals surface area (Å²) in [5, 5.41) is 8.48. The van der Waals surface area contributed by atoms with Gasteiger partial charge in [-0.3, -0.25) is 9.59 Å². The Morgan fingerprint density at radius 1 is 1.20 bits per heavy atom. The van der Waals surface area contributed by atoms with Gasteiger partial charge < -0.3 is 9.67 Å². The molecule has 102 valence electrons. The summed E-state index contributed by atoms with van der Waals surface area (Å²) in [6, 6.07) is 7.61. The normalized spacial score (nSPS) is 10.8. The van der Waals surface area contributed by atoms with Gasteiger partial charge in [0.25, 0.3) is 0 Å². The van der Waals surface area contributed by atoms with Crippen LogP contribution in [-0.2, 0) is 9.59 Å². The molecule has 1 N–H and O–H groups in total. The molecule has 5 heteroatoms. The van der Waals surface area contributed by atoms with E-state index in [1.54, 1.807) is 18.6 Å². The smallest absolute Gasteiger partial charge is 0.303 e. The van der Waals surface area contributed by atoms with Crippen molar-refractivity contribution in [1.82, 2.24) is 9.55 Å². The van der Waals surface area contributed by atoms with Crippen LogP contribution < -0.4 is 0 Å². The highest BCUT2D eigenvalue weighted by molar-refractivity contribution is 5.95. The highest BCUT2D eigenvalue weighted by atomic mass is 16.4. The highest BCUT2D eigenvalue weighted by Crippen LogP contribution is 2.10. The average molecular weight is 270 g/mol. The van der Waals surface area contributed by atoms with E-state index in [4.69, 9.17) is 5.11 Å². The molecule has 20 heavy (non-hydrogen) atoms. The summed E-state index contributed by atoms with van der Waals surface area (Å²) < 4.78 is 1.88. The van der Waals surface area contributed by atoms with Gasteiger partial charge in [-0.15, -0.1) is 0 Å². The topological polar surface area (TPSA) is 72.2 Å². The van der Waals surface area contributed by atoms with Gasteiger partial charge in [-0.2, -0.15) is 0 Å². The third-order valence-electron chi connectivity index (χ3n) is 2.74. The van der Waals surface area contributed by atoms with Crippen molar-refractivity contribution in [2.75, 3.05) is 0 Å². The number of carbonyl (C=O) groups is 2. The van der Waals surface area contributed by atoms with Crippen molar-refractivity contribution < 1.29 is 14.7 Å². The van der Waals surface area contributed by atoms with Crippen molar-refractivity contribution in [1.29, 1.82) is 0 Å². The summed E-state index contributed by atoms with van der Waals surface area (Å²) in [6.45, 7) is 0. The molecule has 2 aromatic rings. The molecule has 0 fully saturated rings. The Labute approximate surface area is 116 Å². The highest BCUT2D eigenvalue weighted by Gasteiger charge is 2.01. The van der Waals surface area contributed by atoms with Crippen LogP contribution in [0.15, 0.2) is 49.1 Å². The monoisotopic (exact) mass is 270 g/mol. The van der Waals surface area contributed by atoms with Crippen LogP contribution in [0.1, 0.15) is 18.4 Å². The molecule has 0 aliphatic rings. The number of nitrogens with zero attached hydrogens (tertiary/aromatic N) is 2. The van der Waals surface area contributed by atoms with Crippen LogP contribution >= 0.6 is 0 Å². The number of aliphatic carboxylic acids is 1. The van der Waals surface area contributed by atoms with Gasteiger partial charge in [-0.25, -0.2) is 4.98 Å². The van der Waals surface area contributed by atoms with Crippen molar-refractivity contribution >= 4 is 17.8 Å². The van der Waals surface area contributed by atoms with E-state index in [-0.39, 0.29) is 18.6 Å². The minimum absolute atomic E-state index is 0.0267. The zero-order chi connectivity index (χ0) is 14.4. The maximum atomic E-state index is 11.4. The van der Waals surface area contributed by atoms with Crippen LogP contribution in [0.3, 0.4) is 0 Å². The molecule has 0 radical (unpaired) electrons. The molecule has 0 unspecified atom stereocenters. The van der Waals surface area contributed by atoms with Gasteiger partial charge in [0.2, 0.25) is 0 Å². The fourth-order valence-electron chi connectivity index (χ4n) is 1.67. The number of carboxylic acids is 1. The molecule has 0 saturated heterocycles. The molecule has 0 bridgehead atoms. The quantitative estimate of drug-likeness (QED) is 0.818. The SMILES string of the molecule is O=C(O)CCC(=O)C=Cc1ccc(-n2ccnc2)cc1. The summed E-state index contributed by atoms with van der Waals surface area (Å²) in [5.74, 6) is -1.15. The lowest BCUT2D eigenvalue weighted by molar-refractivity contribution is -0.138. The molecule has 0 aliphatic carbocycles. The van der Waals surface area contributed by atoms with E-state index < -0.39 is 5.97 Å². The Morgan fingerprint density at radius 2 is 1.95 bits per heavy atom. The number of imidazole rings is 1. The molecule has 0 saturated carbocycles. The van der Waals surface area contributed by atoms with Gasteiger partial charge in [-0.05, 0) is 23.8 Å². The molecule has 1 aromatic heterocycles. The van der Waals surface area contributed by atoms with E-state index in [9.17, 15) is 9.59 Å². The van der Waals surface area contributed by atoms with E-state index in [1.165, 1.54) is 6.08 Å². The third kappa shape index (κ3) is 3.91. The second kappa shape index (κ2) is 6.47. The van der Waals surface area contributed by atoms with Crippen molar-refractivity contribution in [3.8, 4) is 5.69 Å². The molecular formula is C15H14N2O3. The first-order valence-electron chi connectivity index (χ1n) is 6.16. The molecule has 5 nitrogen and oxygen atoms in total. The zero-order valence-electron chi connectivity index (χ0n) is 10.8. The number of aromatic nitrogens is 2. The summed E-state index contributed by atoms with van der Waals surface area (Å²) in [7, 11) is 0. The Bertz CT molecular complexity index is 613. The van der Waals surface area contributed by atoms with Gasteiger partial charge >= 0.3 is 5.97 Å². The second-order valence-electron chi connectivity index (χ2n) is 4.25. The summed E-state index contributed by atoms with van der Waals surface area (Å²) >= 11 is 0. The van der Waals surface area contributed by atoms with Gasteiger partial charge in [-0.1, -0.05) is 18.2 Å². The molecule has 0 amide bonds. The number of ketones is 1. The molecule has 0 atom stereocenters. The summed E-state index contributed by atoms with van der Waals surface area (Å²) in [5.41, 5.74) is 1.87. The van der Waals surface area contributed by atoms with Crippen LogP contribution in [0, 0.1) is 0 Å². The zero-order valence-corrected chi connectivity index (χ0v) is 10.8. The lowest BCUT2D eigenvalue weighted by Gasteiger charge is -2.01. The van der Waals surface area contributed by atoms with E-state index in [1.807, 2.05) is 35.0 Å². The Balaban J connectivity index is 1.97. The maximum Gasteiger partial charge on any atom is 0.303 e. The molecule has 2 rings (SSSR count). The first-order valence-corrected chi connectivity index (χ1v) is 6.16. The third-order valence-corrected chi connectivity index (χ3v) is 2.74. The summed E-state index contributed by atoms with van der Waals surface area (Å²) in [6.07, 6.45) is 8.24. The van der Waals surface area contributed by atoms with Gasteiger partial charge in [0, 0.05) is 24.5 Å². The van der Waals surface area contributed by atoms with Gasteiger partial charge in [0.15, 0.2) is 5.78 Å². The van der Waals surface area contributed by atoms with E-state index in [0.717, 1.165) is 11.3 Å². The van der Waals surface area contributed by atoms with Crippen molar-refractivity contribution in [2.45, 2.75) is 12.8 Å². The van der Waals surface area contributed by atoms with Crippen molar-refractivity contribution in [2.24, 2.45) is 0 Å². The number of benzene rings is 1. The van der Waals surface area contributed by atoms with E-state index >= 15 is 0 Å². The van der Waals surface area contributed by atoms with Crippen LogP contribution in [-0.4, -0.2) is 26.4 Å². The van der Waals surface area contributed by atoms with E-state index in [2.05, 4.69) is 4.98 Å². The van der Waals surface area contributed by atoms with Crippen LogP contribution in [0.4, 0.5) is 0 Å². The van der Waals surface area contributed by atoms with Crippen LogP contribution in [0.25, 0.3) is 11.8 Å². The lowest BCUT2D eigenvalue weighted by Crippen LogP contribution is -2.00. The average Bonchev–Trinajstić information content (AvgIpc) is 2.97. The molecule has 0 aliphatic heterocycles. The maximum absolute atomic E-state index is 11.4. The predicted molar refractivity (Wildman–Crippen MR) is 74.5 cm³/mol. The predicted octanol–water partition coefficient (Wildman–Crippen LogP) is 2.32. The second-order valence-corrected chi connectivity index (χ2v) is 4.25. The van der Waals surface area contributed by atoms with Gasteiger partial charge in [0.1, 0.15) is 0 Å². The molecular weight excluding hydrogens is 256 g/mol. The number of rotatable bonds is 6. The Morgan fingerprint density at radius 3 is 2.55 bits per heavy atom. The molecule has 1 aromatic carbocycles. The minimum Gasteiger partial charge on any atom is -0.481 e. The number of carbonyl (C=O) groups excluding carboxylic acids is 1. The fourth-order valence-corrected chi connectivity index (χ4v) is 1.67. The van der Waals surface area contributed by atoms with Crippen molar-refractivity contribution in [3.05, 3.63) is 54.6 Å². The Kier molecular flexibility index (Phi) is 4.44. The summed E-state index contributed by atoms with van der Waals surface area (Å²) in [4.78, 5) is 25.7. The number of carboxylic acid groups (broad SMARTS) is 1. The Hall–Kier alpha value is -2.69.